The molecule has 1 aromatic rings. The Labute approximate surface area is 127 Å². The minimum atomic E-state index is 0.0208. The third-order valence-corrected chi connectivity index (χ3v) is 4.66. The smallest absolute Gasteiger partial charge is 0.0453 e. The van der Waals surface area contributed by atoms with Gasteiger partial charge in [0.05, 0.1) is 0 Å². The molecule has 0 saturated carbocycles. The molecule has 1 aliphatic heterocycles. The van der Waals surface area contributed by atoms with Crippen molar-refractivity contribution >= 4 is 11.6 Å². The zero-order chi connectivity index (χ0) is 14.5. The van der Waals surface area contributed by atoms with Crippen LogP contribution in [0.2, 0.25) is 5.02 Å². The first-order valence-electron chi connectivity index (χ1n) is 7.46. The fourth-order valence-electron chi connectivity index (χ4n) is 2.95. The molecule has 20 heavy (non-hydrogen) atoms. The molecule has 0 bridgehead atoms. The molecule has 2 atom stereocenters. The zero-order valence-corrected chi connectivity index (χ0v) is 13.3. The minimum absolute atomic E-state index is 0.0208. The number of likely N-dealkylation sites (N-methyl/N-ethyl adjacent to an activating group) is 2. The Morgan fingerprint density at radius 1 is 1.45 bits per heavy atom. The lowest BCUT2D eigenvalue weighted by molar-refractivity contribution is 0.216. The molecule has 4 heteroatoms. The predicted octanol–water partition coefficient (Wildman–Crippen LogP) is 2.76. The molecule has 0 aliphatic carbocycles. The van der Waals surface area contributed by atoms with Gasteiger partial charge in [0.15, 0.2) is 0 Å². The number of nitrogens with two attached hydrogens (primary N) is 1. The Morgan fingerprint density at radius 3 is 2.85 bits per heavy atom. The van der Waals surface area contributed by atoms with E-state index >= 15 is 0 Å². The van der Waals surface area contributed by atoms with E-state index in [0.717, 1.165) is 30.1 Å². The minimum Gasteiger partial charge on any atom is -0.324 e. The SMILES string of the molecule is CN(CCC(N)c1ccccc1Cl)CC1CCCN1C. The van der Waals surface area contributed by atoms with E-state index in [2.05, 4.69) is 23.9 Å². The third kappa shape index (κ3) is 4.19. The first-order chi connectivity index (χ1) is 9.58. The van der Waals surface area contributed by atoms with Crippen molar-refractivity contribution < 1.29 is 0 Å². The average molecular weight is 296 g/mol. The number of hydrogen-bond donors (Lipinski definition) is 1. The fraction of sp³-hybridized carbons (Fsp3) is 0.625. The zero-order valence-electron chi connectivity index (χ0n) is 12.6. The van der Waals surface area contributed by atoms with Crippen LogP contribution in [0.1, 0.15) is 30.9 Å². The molecule has 1 saturated heterocycles. The van der Waals surface area contributed by atoms with Gasteiger partial charge in [0, 0.05) is 23.7 Å². The number of halogens is 1. The lowest BCUT2D eigenvalue weighted by Gasteiger charge is -2.26. The first-order valence-corrected chi connectivity index (χ1v) is 7.84. The van der Waals surface area contributed by atoms with Crippen molar-refractivity contribution in [2.75, 3.05) is 33.7 Å². The summed E-state index contributed by atoms with van der Waals surface area (Å²) in [6, 6.07) is 8.61. The highest BCUT2D eigenvalue weighted by Gasteiger charge is 2.22. The number of nitrogens with zero attached hydrogens (tertiary/aromatic N) is 2. The highest BCUT2D eigenvalue weighted by atomic mass is 35.5. The van der Waals surface area contributed by atoms with Gasteiger partial charge in [0.25, 0.3) is 0 Å². The summed E-state index contributed by atoms with van der Waals surface area (Å²) in [7, 11) is 4.41. The van der Waals surface area contributed by atoms with E-state index in [9.17, 15) is 0 Å². The van der Waals surface area contributed by atoms with Crippen molar-refractivity contribution in [2.45, 2.75) is 31.3 Å². The average Bonchev–Trinajstić information content (AvgIpc) is 2.82. The van der Waals surface area contributed by atoms with Crippen LogP contribution in [0.5, 0.6) is 0 Å². The van der Waals surface area contributed by atoms with Gasteiger partial charge < -0.3 is 15.5 Å². The van der Waals surface area contributed by atoms with Crippen LogP contribution < -0.4 is 5.73 Å². The molecule has 1 aromatic carbocycles. The highest BCUT2D eigenvalue weighted by molar-refractivity contribution is 6.31. The van der Waals surface area contributed by atoms with Crippen LogP contribution >= 0.6 is 11.6 Å². The summed E-state index contributed by atoms with van der Waals surface area (Å²) in [6.07, 6.45) is 3.59. The van der Waals surface area contributed by atoms with E-state index in [1.54, 1.807) is 0 Å². The maximum Gasteiger partial charge on any atom is 0.0453 e. The Balaban J connectivity index is 1.78. The Hall–Kier alpha value is -0.610. The first kappa shape index (κ1) is 15.8. The molecular formula is C16H26ClN3. The van der Waals surface area contributed by atoms with E-state index in [-0.39, 0.29) is 6.04 Å². The van der Waals surface area contributed by atoms with Crippen LogP contribution in [0.15, 0.2) is 24.3 Å². The largest absolute Gasteiger partial charge is 0.324 e. The van der Waals surface area contributed by atoms with Crippen molar-refractivity contribution in [2.24, 2.45) is 5.73 Å². The van der Waals surface area contributed by atoms with Crippen LogP contribution in [-0.4, -0.2) is 49.6 Å². The van der Waals surface area contributed by atoms with Crippen molar-refractivity contribution in [3.05, 3.63) is 34.9 Å². The maximum absolute atomic E-state index is 6.26. The van der Waals surface area contributed by atoms with Gasteiger partial charge in [-0.25, -0.2) is 0 Å². The topological polar surface area (TPSA) is 32.5 Å². The molecule has 3 nitrogen and oxygen atoms in total. The molecular weight excluding hydrogens is 270 g/mol. The van der Waals surface area contributed by atoms with Crippen molar-refractivity contribution in [1.29, 1.82) is 0 Å². The number of likely N-dealkylation sites (tertiary alicyclic amines) is 1. The number of rotatable bonds is 6. The molecule has 2 rings (SSSR count). The van der Waals surface area contributed by atoms with Gasteiger partial charge in [-0.15, -0.1) is 0 Å². The van der Waals surface area contributed by atoms with Crippen LogP contribution in [0.4, 0.5) is 0 Å². The normalized spacial score (nSPS) is 21.6. The van der Waals surface area contributed by atoms with Crippen molar-refractivity contribution in [3.63, 3.8) is 0 Å². The molecule has 1 heterocycles. The standard InChI is InChI=1S/C16H26ClN3/c1-19(12-13-6-5-10-20(13)2)11-9-16(18)14-7-3-4-8-15(14)17/h3-4,7-8,13,16H,5-6,9-12,18H2,1-2H3. The highest BCUT2D eigenvalue weighted by Crippen LogP contribution is 2.23. The van der Waals surface area contributed by atoms with Gasteiger partial charge in [-0.05, 0) is 58.1 Å². The molecule has 0 radical (unpaired) electrons. The number of hydrogen-bond acceptors (Lipinski definition) is 3. The third-order valence-electron chi connectivity index (χ3n) is 4.32. The summed E-state index contributed by atoms with van der Waals surface area (Å²) >= 11 is 6.19. The monoisotopic (exact) mass is 295 g/mol. The molecule has 112 valence electrons. The van der Waals surface area contributed by atoms with Gasteiger partial charge in [-0.1, -0.05) is 29.8 Å². The lowest BCUT2D eigenvalue weighted by atomic mass is 10.0. The summed E-state index contributed by atoms with van der Waals surface area (Å²) in [5, 5.41) is 0.776. The Bertz CT molecular complexity index is 424. The molecule has 1 aliphatic rings. The van der Waals surface area contributed by atoms with E-state index in [4.69, 9.17) is 17.3 Å². The molecule has 0 spiro atoms. The maximum atomic E-state index is 6.26. The fourth-order valence-corrected chi connectivity index (χ4v) is 3.23. The van der Waals surface area contributed by atoms with Gasteiger partial charge in [0.2, 0.25) is 0 Å². The Kier molecular flexibility index (Phi) is 5.85. The van der Waals surface area contributed by atoms with Gasteiger partial charge >= 0.3 is 0 Å². The second-order valence-corrected chi connectivity index (χ2v) is 6.36. The van der Waals surface area contributed by atoms with E-state index in [0.29, 0.717) is 6.04 Å². The molecule has 2 unspecified atom stereocenters. The Morgan fingerprint density at radius 2 is 2.20 bits per heavy atom. The van der Waals surface area contributed by atoms with Crippen LogP contribution in [0, 0.1) is 0 Å². The summed E-state index contributed by atoms with van der Waals surface area (Å²) < 4.78 is 0. The second kappa shape index (κ2) is 7.41. The lowest BCUT2D eigenvalue weighted by Crippen LogP contribution is -2.37. The van der Waals surface area contributed by atoms with Crippen molar-refractivity contribution in [1.82, 2.24) is 9.80 Å². The molecule has 1 fully saturated rings. The summed E-state index contributed by atoms with van der Waals surface area (Å²) in [4.78, 5) is 4.85. The quantitative estimate of drug-likeness (QED) is 0.876. The molecule has 0 aromatic heterocycles. The molecule has 0 amide bonds. The van der Waals surface area contributed by atoms with Gasteiger partial charge in [-0.2, -0.15) is 0 Å². The predicted molar refractivity (Wildman–Crippen MR) is 86.1 cm³/mol. The van der Waals surface area contributed by atoms with Crippen LogP contribution in [0.25, 0.3) is 0 Å². The summed E-state index contributed by atoms with van der Waals surface area (Å²) in [5.74, 6) is 0. The second-order valence-electron chi connectivity index (χ2n) is 5.96. The summed E-state index contributed by atoms with van der Waals surface area (Å²) in [6.45, 7) is 3.38. The summed E-state index contributed by atoms with van der Waals surface area (Å²) in [5.41, 5.74) is 7.31. The van der Waals surface area contributed by atoms with E-state index in [1.165, 1.54) is 19.4 Å². The van der Waals surface area contributed by atoms with E-state index in [1.807, 2.05) is 24.3 Å². The van der Waals surface area contributed by atoms with Gasteiger partial charge in [-0.3, -0.25) is 0 Å². The van der Waals surface area contributed by atoms with Gasteiger partial charge in [0.1, 0.15) is 0 Å². The van der Waals surface area contributed by atoms with Crippen LogP contribution in [-0.2, 0) is 0 Å². The van der Waals surface area contributed by atoms with Crippen molar-refractivity contribution in [3.8, 4) is 0 Å². The van der Waals surface area contributed by atoms with Crippen LogP contribution in [0.3, 0.4) is 0 Å². The number of benzene rings is 1. The van der Waals surface area contributed by atoms with E-state index < -0.39 is 0 Å². The molecule has 2 N–H and O–H groups in total.